The van der Waals surface area contributed by atoms with Crippen molar-refractivity contribution in [3.63, 3.8) is 0 Å². The molecule has 1 aliphatic carbocycles. The highest BCUT2D eigenvalue weighted by Gasteiger charge is 2.42. The first-order chi connectivity index (χ1) is 9.97. The van der Waals surface area contributed by atoms with Crippen molar-refractivity contribution >= 4 is 16.0 Å². The number of nitrogens with one attached hydrogen (secondary N) is 1. The lowest BCUT2D eigenvalue weighted by atomic mass is 10.1. The smallest absolute Gasteiger partial charge is 0.310 e. The second-order valence-electron chi connectivity index (χ2n) is 6.04. The summed E-state index contributed by atoms with van der Waals surface area (Å²) in [6.45, 7) is 5.59. The molecule has 7 heteroatoms. The van der Waals surface area contributed by atoms with Crippen LogP contribution in [0.4, 0.5) is 0 Å². The fourth-order valence-corrected chi connectivity index (χ4v) is 5.26. The van der Waals surface area contributed by atoms with Gasteiger partial charge in [-0.1, -0.05) is 13.3 Å². The maximum atomic E-state index is 12.4. The lowest BCUT2D eigenvalue weighted by molar-refractivity contribution is -0.145. The minimum atomic E-state index is -3.45. The summed E-state index contributed by atoms with van der Waals surface area (Å²) in [6, 6.07) is 0. The Kier molecular flexibility index (Phi) is 5.62. The van der Waals surface area contributed by atoms with Crippen LogP contribution in [-0.4, -0.2) is 57.8 Å². The van der Waals surface area contributed by atoms with Gasteiger partial charge in [0.05, 0.1) is 18.3 Å². The van der Waals surface area contributed by atoms with E-state index < -0.39 is 27.2 Å². The molecule has 0 aromatic heterocycles. The average Bonchev–Trinajstić information content (AvgIpc) is 3.13. The van der Waals surface area contributed by atoms with Gasteiger partial charge in [0, 0.05) is 13.1 Å². The number of methoxy groups -OCH3 is 1. The van der Waals surface area contributed by atoms with Gasteiger partial charge in [-0.2, -0.15) is 0 Å². The number of esters is 1. The zero-order valence-corrected chi connectivity index (χ0v) is 13.7. The predicted octanol–water partition coefficient (Wildman–Crippen LogP) is 0.589. The van der Waals surface area contributed by atoms with Crippen LogP contribution in [0.3, 0.4) is 0 Å². The largest absolute Gasteiger partial charge is 0.469 e. The molecule has 0 radical (unpaired) electrons. The van der Waals surface area contributed by atoms with E-state index in [1.807, 2.05) is 0 Å². The Labute approximate surface area is 127 Å². The van der Waals surface area contributed by atoms with Gasteiger partial charge in [-0.05, 0) is 38.3 Å². The predicted molar refractivity (Wildman–Crippen MR) is 80.3 cm³/mol. The molecule has 1 heterocycles. The molecule has 0 aromatic carbocycles. The Morgan fingerprint density at radius 2 is 2.10 bits per heavy atom. The third-order valence-electron chi connectivity index (χ3n) is 4.75. The van der Waals surface area contributed by atoms with Crippen LogP contribution in [0.25, 0.3) is 0 Å². The van der Waals surface area contributed by atoms with Crippen molar-refractivity contribution in [2.75, 3.05) is 33.3 Å². The van der Waals surface area contributed by atoms with Gasteiger partial charge >= 0.3 is 5.97 Å². The quantitative estimate of drug-likeness (QED) is 0.726. The van der Waals surface area contributed by atoms with Crippen LogP contribution < -0.4 is 4.72 Å². The SMILES string of the molecule is CCN1CCC(CNS(=O)(=O)C2CCCC2C(=O)OC)C1. The van der Waals surface area contributed by atoms with Crippen molar-refractivity contribution < 1.29 is 17.9 Å². The Balaban J connectivity index is 1.91. The Hall–Kier alpha value is -0.660. The molecule has 0 amide bonds. The van der Waals surface area contributed by atoms with E-state index in [1.165, 1.54) is 7.11 Å². The van der Waals surface area contributed by atoms with Crippen LogP contribution in [0.15, 0.2) is 0 Å². The summed E-state index contributed by atoms with van der Waals surface area (Å²) in [6.07, 6.45) is 2.94. The van der Waals surface area contributed by atoms with E-state index in [9.17, 15) is 13.2 Å². The molecule has 1 saturated heterocycles. The number of carbonyl (C=O) groups excluding carboxylic acids is 1. The summed E-state index contributed by atoms with van der Waals surface area (Å²) in [5.41, 5.74) is 0. The second-order valence-corrected chi connectivity index (χ2v) is 8.02. The van der Waals surface area contributed by atoms with Gasteiger partial charge in [0.15, 0.2) is 0 Å². The molecule has 1 aliphatic heterocycles. The van der Waals surface area contributed by atoms with Crippen LogP contribution in [0.2, 0.25) is 0 Å². The molecule has 0 aromatic rings. The molecule has 0 spiro atoms. The van der Waals surface area contributed by atoms with Gasteiger partial charge in [-0.3, -0.25) is 4.79 Å². The molecule has 1 saturated carbocycles. The highest BCUT2D eigenvalue weighted by molar-refractivity contribution is 7.90. The number of rotatable bonds is 6. The van der Waals surface area contributed by atoms with Crippen LogP contribution in [0.1, 0.15) is 32.6 Å². The van der Waals surface area contributed by atoms with E-state index in [4.69, 9.17) is 4.74 Å². The number of ether oxygens (including phenoxy) is 1. The molecule has 3 unspecified atom stereocenters. The summed E-state index contributed by atoms with van der Waals surface area (Å²) in [4.78, 5) is 14.0. The van der Waals surface area contributed by atoms with E-state index in [-0.39, 0.29) is 0 Å². The normalized spacial score (nSPS) is 30.7. The third kappa shape index (κ3) is 3.96. The van der Waals surface area contributed by atoms with Crippen molar-refractivity contribution in [2.45, 2.75) is 37.9 Å². The van der Waals surface area contributed by atoms with Gasteiger partial charge in [0.1, 0.15) is 0 Å². The molecule has 122 valence electrons. The Morgan fingerprint density at radius 1 is 1.33 bits per heavy atom. The number of hydrogen-bond acceptors (Lipinski definition) is 5. The van der Waals surface area contributed by atoms with Crippen LogP contribution in [0, 0.1) is 11.8 Å². The second kappa shape index (κ2) is 7.07. The van der Waals surface area contributed by atoms with Crippen molar-refractivity contribution in [3.8, 4) is 0 Å². The van der Waals surface area contributed by atoms with E-state index >= 15 is 0 Å². The first-order valence-electron chi connectivity index (χ1n) is 7.76. The van der Waals surface area contributed by atoms with Crippen molar-refractivity contribution in [3.05, 3.63) is 0 Å². The third-order valence-corrected chi connectivity index (χ3v) is 6.68. The van der Waals surface area contributed by atoms with Crippen LogP contribution in [-0.2, 0) is 19.6 Å². The lowest BCUT2D eigenvalue weighted by Gasteiger charge is -2.20. The maximum Gasteiger partial charge on any atom is 0.310 e. The number of sulfonamides is 1. The summed E-state index contributed by atoms with van der Waals surface area (Å²) in [5.74, 6) is -0.540. The molecule has 6 nitrogen and oxygen atoms in total. The van der Waals surface area contributed by atoms with Crippen molar-refractivity contribution in [1.82, 2.24) is 9.62 Å². The molecule has 2 fully saturated rings. The summed E-state index contributed by atoms with van der Waals surface area (Å²) < 4.78 is 32.3. The van der Waals surface area contributed by atoms with Gasteiger partial charge in [-0.15, -0.1) is 0 Å². The summed E-state index contributed by atoms with van der Waals surface area (Å²) >= 11 is 0. The maximum absolute atomic E-state index is 12.4. The first-order valence-corrected chi connectivity index (χ1v) is 9.31. The Bertz CT molecular complexity index is 466. The molecule has 1 N–H and O–H groups in total. The van der Waals surface area contributed by atoms with Crippen molar-refractivity contribution in [2.24, 2.45) is 11.8 Å². The standard InChI is InChI=1S/C14H26N2O4S/c1-3-16-8-7-11(10-16)9-15-21(18,19)13-6-4-5-12(13)14(17)20-2/h11-13,15H,3-10H2,1-2H3. The van der Waals surface area contributed by atoms with Gasteiger partial charge in [0.25, 0.3) is 0 Å². The van der Waals surface area contributed by atoms with E-state index in [0.717, 1.165) is 32.5 Å². The minimum Gasteiger partial charge on any atom is -0.469 e. The van der Waals surface area contributed by atoms with E-state index in [0.29, 0.717) is 25.3 Å². The van der Waals surface area contributed by atoms with Crippen LogP contribution in [0.5, 0.6) is 0 Å². The zero-order valence-electron chi connectivity index (χ0n) is 12.9. The first kappa shape index (κ1) is 16.7. The lowest BCUT2D eigenvalue weighted by Crippen LogP contribution is -2.41. The molecule has 21 heavy (non-hydrogen) atoms. The zero-order chi connectivity index (χ0) is 15.5. The number of likely N-dealkylation sites (tertiary alicyclic amines) is 1. The Morgan fingerprint density at radius 3 is 2.71 bits per heavy atom. The molecular formula is C14H26N2O4S. The fraction of sp³-hybridized carbons (Fsp3) is 0.929. The topological polar surface area (TPSA) is 75.7 Å². The highest BCUT2D eigenvalue weighted by Crippen LogP contribution is 2.31. The van der Waals surface area contributed by atoms with Crippen LogP contribution >= 0.6 is 0 Å². The number of nitrogens with zero attached hydrogens (tertiary/aromatic N) is 1. The van der Waals surface area contributed by atoms with Gasteiger partial charge < -0.3 is 9.64 Å². The van der Waals surface area contributed by atoms with Crippen molar-refractivity contribution in [1.29, 1.82) is 0 Å². The monoisotopic (exact) mass is 318 g/mol. The molecule has 2 rings (SSSR count). The number of carbonyl (C=O) groups is 1. The average molecular weight is 318 g/mol. The van der Waals surface area contributed by atoms with E-state index in [1.54, 1.807) is 0 Å². The van der Waals surface area contributed by atoms with Gasteiger partial charge in [-0.25, -0.2) is 13.1 Å². The molecular weight excluding hydrogens is 292 g/mol. The van der Waals surface area contributed by atoms with E-state index in [2.05, 4.69) is 16.5 Å². The summed E-state index contributed by atoms with van der Waals surface area (Å²) in [7, 11) is -2.13. The molecule has 0 bridgehead atoms. The number of hydrogen-bond donors (Lipinski definition) is 1. The minimum absolute atomic E-state index is 0.373. The summed E-state index contributed by atoms with van der Waals surface area (Å²) in [5, 5.41) is -0.631. The van der Waals surface area contributed by atoms with Gasteiger partial charge in [0.2, 0.25) is 10.0 Å². The molecule has 3 atom stereocenters. The fourth-order valence-electron chi connectivity index (χ4n) is 3.43. The molecule has 2 aliphatic rings. The highest BCUT2D eigenvalue weighted by atomic mass is 32.2.